The van der Waals surface area contributed by atoms with Crippen molar-refractivity contribution in [1.82, 2.24) is 5.32 Å². The lowest BCUT2D eigenvalue weighted by Gasteiger charge is -2.20. The highest BCUT2D eigenvalue weighted by atomic mass is 19.1. The lowest BCUT2D eigenvalue weighted by atomic mass is 10.1. The molecule has 0 saturated heterocycles. The maximum Gasteiger partial charge on any atom is 0.268 e. The molecule has 2 unspecified atom stereocenters. The fraction of sp³-hybridized carbons (Fsp3) is 0.250. The Morgan fingerprint density at radius 1 is 1.29 bits per heavy atom. The number of hydrogen-bond acceptors (Lipinski definition) is 5. The highest BCUT2D eigenvalue weighted by Crippen LogP contribution is 2.25. The molecule has 0 aromatic heterocycles. The largest absolute Gasteiger partial charge is 0.494 e. The topological polar surface area (TPSA) is 97.0 Å². The van der Waals surface area contributed by atoms with Crippen molar-refractivity contribution in [3.05, 3.63) is 59.9 Å². The zero-order valence-electron chi connectivity index (χ0n) is 15.6. The van der Waals surface area contributed by atoms with Gasteiger partial charge in [0.1, 0.15) is 11.8 Å². The van der Waals surface area contributed by atoms with Crippen LogP contribution in [-0.2, 0) is 9.59 Å². The van der Waals surface area contributed by atoms with Gasteiger partial charge in [0.05, 0.1) is 18.8 Å². The van der Waals surface area contributed by atoms with Gasteiger partial charge in [-0.2, -0.15) is 5.10 Å². The van der Waals surface area contributed by atoms with Crippen molar-refractivity contribution in [2.75, 3.05) is 12.1 Å². The van der Waals surface area contributed by atoms with Crippen LogP contribution in [0, 0.1) is 5.82 Å². The molecule has 0 aliphatic carbocycles. The summed E-state index contributed by atoms with van der Waals surface area (Å²) in [7, 11) is 1.38. The van der Waals surface area contributed by atoms with Crippen molar-refractivity contribution in [3.63, 3.8) is 0 Å². The Labute approximate surface area is 162 Å². The molecule has 0 fully saturated rings. The third-order valence-electron chi connectivity index (χ3n) is 4.55. The standard InChI is InChI=1S/C20H21FN4O3/c1-12(13-8-9-18(28-2)15(21)10-13)23-20(27)16-11-17(19(22)26)25(24-16)14-6-4-3-5-7-14/h3-10,12,17H,11H2,1-2H3,(H2,22,26)(H,23,27). The van der Waals surface area contributed by atoms with E-state index in [2.05, 4.69) is 10.4 Å². The van der Waals surface area contributed by atoms with Crippen LogP contribution in [0.15, 0.2) is 53.6 Å². The fourth-order valence-electron chi connectivity index (χ4n) is 3.00. The molecule has 1 aliphatic heterocycles. The summed E-state index contributed by atoms with van der Waals surface area (Å²) in [6, 6.07) is 12.3. The molecule has 1 heterocycles. The Morgan fingerprint density at radius 3 is 2.61 bits per heavy atom. The van der Waals surface area contributed by atoms with Crippen LogP contribution >= 0.6 is 0 Å². The van der Waals surface area contributed by atoms with Gasteiger partial charge in [-0.15, -0.1) is 0 Å². The molecule has 1 aliphatic rings. The van der Waals surface area contributed by atoms with Crippen molar-refractivity contribution in [3.8, 4) is 5.75 Å². The molecule has 2 amide bonds. The van der Waals surface area contributed by atoms with Gasteiger partial charge in [-0.1, -0.05) is 24.3 Å². The molecule has 28 heavy (non-hydrogen) atoms. The number of ether oxygens (including phenoxy) is 1. The summed E-state index contributed by atoms with van der Waals surface area (Å²) in [6.07, 6.45) is 0.0970. The first-order chi connectivity index (χ1) is 13.4. The van der Waals surface area contributed by atoms with E-state index in [9.17, 15) is 14.0 Å². The molecule has 8 heteroatoms. The Kier molecular flexibility index (Phi) is 5.58. The van der Waals surface area contributed by atoms with Gasteiger partial charge < -0.3 is 15.8 Å². The van der Waals surface area contributed by atoms with Gasteiger partial charge in [-0.25, -0.2) is 4.39 Å². The van der Waals surface area contributed by atoms with Crippen LogP contribution < -0.4 is 20.8 Å². The Hall–Kier alpha value is -3.42. The quantitative estimate of drug-likeness (QED) is 0.797. The van der Waals surface area contributed by atoms with E-state index < -0.39 is 29.7 Å². The predicted octanol–water partition coefficient (Wildman–Crippen LogP) is 2.13. The predicted molar refractivity (Wildman–Crippen MR) is 103 cm³/mol. The number of nitrogens with two attached hydrogens (primary N) is 1. The van der Waals surface area contributed by atoms with Crippen molar-refractivity contribution in [2.24, 2.45) is 10.8 Å². The number of nitrogens with one attached hydrogen (secondary N) is 1. The number of anilines is 1. The molecule has 2 aromatic rings. The number of amides is 2. The van der Waals surface area contributed by atoms with E-state index in [1.54, 1.807) is 37.3 Å². The van der Waals surface area contributed by atoms with Crippen molar-refractivity contribution in [1.29, 1.82) is 0 Å². The van der Waals surface area contributed by atoms with Gasteiger partial charge in [0.25, 0.3) is 5.91 Å². The van der Waals surface area contributed by atoms with Crippen LogP contribution in [0.3, 0.4) is 0 Å². The summed E-state index contributed by atoms with van der Waals surface area (Å²) in [4.78, 5) is 24.5. The number of para-hydroxylation sites is 1. The Bertz CT molecular complexity index is 917. The van der Waals surface area contributed by atoms with Crippen molar-refractivity contribution in [2.45, 2.75) is 25.4 Å². The van der Waals surface area contributed by atoms with Gasteiger partial charge in [0, 0.05) is 6.42 Å². The summed E-state index contributed by atoms with van der Waals surface area (Å²) in [5, 5.41) is 8.53. The van der Waals surface area contributed by atoms with Crippen LogP contribution in [0.1, 0.15) is 24.9 Å². The molecular weight excluding hydrogens is 363 g/mol. The monoisotopic (exact) mass is 384 g/mol. The van der Waals surface area contributed by atoms with Crippen LogP contribution in [-0.4, -0.2) is 30.7 Å². The SMILES string of the molecule is COc1ccc(C(C)NC(=O)C2=NN(c3ccccc3)C(C(N)=O)C2)cc1F. The molecule has 0 radical (unpaired) electrons. The van der Waals surface area contributed by atoms with Crippen LogP contribution in [0.4, 0.5) is 10.1 Å². The average Bonchev–Trinajstić information content (AvgIpc) is 3.14. The summed E-state index contributed by atoms with van der Waals surface area (Å²) < 4.78 is 18.8. The number of halogens is 1. The van der Waals surface area contributed by atoms with E-state index in [1.165, 1.54) is 24.3 Å². The van der Waals surface area contributed by atoms with Crippen molar-refractivity contribution < 1.29 is 18.7 Å². The van der Waals surface area contributed by atoms with E-state index in [0.717, 1.165) is 0 Å². The highest BCUT2D eigenvalue weighted by Gasteiger charge is 2.35. The number of primary amides is 1. The molecule has 2 atom stereocenters. The number of benzene rings is 2. The average molecular weight is 384 g/mol. The number of hydrogen-bond donors (Lipinski definition) is 2. The van der Waals surface area contributed by atoms with Gasteiger partial charge in [-0.3, -0.25) is 14.6 Å². The minimum atomic E-state index is -0.739. The number of carbonyl (C=O) groups is 2. The minimum Gasteiger partial charge on any atom is -0.494 e. The summed E-state index contributed by atoms with van der Waals surface area (Å²) in [5.74, 6) is -1.39. The third kappa shape index (κ3) is 3.95. The normalized spacial score (nSPS) is 17.0. The van der Waals surface area contributed by atoms with E-state index in [-0.39, 0.29) is 17.9 Å². The number of nitrogens with zero attached hydrogens (tertiary/aromatic N) is 2. The van der Waals surface area contributed by atoms with Crippen LogP contribution in [0.25, 0.3) is 0 Å². The second-order valence-corrected chi connectivity index (χ2v) is 6.44. The third-order valence-corrected chi connectivity index (χ3v) is 4.55. The van der Waals surface area contributed by atoms with E-state index in [1.807, 2.05) is 6.07 Å². The zero-order valence-corrected chi connectivity index (χ0v) is 15.6. The summed E-state index contributed by atoms with van der Waals surface area (Å²) >= 11 is 0. The van der Waals surface area contributed by atoms with E-state index in [0.29, 0.717) is 11.3 Å². The molecule has 0 saturated carbocycles. The second kappa shape index (κ2) is 8.08. The summed E-state index contributed by atoms with van der Waals surface area (Å²) in [6.45, 7) is 1.73. The molecule has 3 N–H and O–H groups in total. The second-order valence-electron chi connectivity index (χ2n) is 6.44. The number of carbonyl (C=O) groups excluding carboxylic acids is 2. The number of methoxy groups -OCH3 is 1. The Morgan fingerprint density at radius 2 is 2.00 bits per heavy atom. The molecule has 7 nitrogen and oxygen atoms in total. The molecule has 0 bridgehead atoms. The maximum absolute atomic E-state index is 13.9. The Balaban J connectivity index is 1.76. The summed E-state index contributed by atoms with van der Waals surface area (Å²) in [5.41, 5.74) is 6.92. The van der Waals surface area contributed by atoms with Crippen LogP contribution in [0.2, 0.25) is 0 Å². The number of rotatable bonds is 6. The van der Waals surface area contributed by atoms with Gasteiger partial charge >= 0.3 is 0 Å². The first-order valence-corrected chi connectivity index (χ1v) is 8.76. The fourth-order valence-corrected chi connectivity index (χ4v) is 3.00. The molecule has 146 valence electrons. The first kappa shape index (κ1) is 19.3. The van der Waals surface area contributed by atoms with Crippen molar-refractivity contribution >= 4 is 23.2 Å². The molecular formula is C20H21FN4O3. The van der Waals surface area contributed by atoms with Crippen LogP contribution in [0.5, 0.6) is 5.75 Å². The van der Waals surface area contributed by atoms with E-state index in [4.69, 9.17) is 10.5 Å². The smallest absolute Gasteiger partial charge is 0.268 e. The maximum atomic E-state index is 13.9. The highest BCUT2D eigenvalue weighted by molar-refractivity contribution is 6.40. The van der Waals surface area contributed by atoms with Gasteiger partial charge in [0.2, 0.25) is 5.91 Å². The van der Waals surface area contributed by atoms with Gasteiger partial charge in [-0.05, 0) is 36.8 Å². The zero-order chi connectivity index (χ0) is 20.3. The molecule has 0 spiro atoms. The molecule has 2 aromatic carbocycles. The number of hydrazone groups is 1. The van der Waals surface area contributed by atoms with Gasteiger partial charge in [0.15, 0.2) is 11.6 Å². The van der Waals surface area contributed by atoms with E-state index >= 15 is 0 Å². The molecule has 3 rings (SSSR count). The lowest BCUT2D eigenvalue weighted by Crippen LogP contribution is -2.40. The first-order valence-electron chi connectivity index (χ1n) is 8.76. The minimum absolute atomic E-state index is 0.0970. The lowest BCUT2D eigenvalue weighted by molar-refractivity contribution is -0.119.